The van der Waals surface area contributed by atoms with E-state index in [0.29, 0.717) is 41.5 Å². The predicted molar refractivity (Wildman–Crippen MR) is 174 cm³/mol. The molecule has 5 aliphatic rings. The van der Waals surface area contributed by atoms with Crippen LogP contribution in [0.1, 0.15) is 99.5 Å². The normalized spacial score (nSPS) is 33.1. The maximum absolute atomic E-state index is 12.5. The second kappa shape index (κ2) is 11.7. The molecule has 1 spiro atoms. The molecular formula is C38H48N2O5. The van der Waals surface area contributed by atoms with Crippen LogP contribution in [0, 0.1) is 28.6 Å². The molecular weight excluding hydrogens is 564 g/mol. The van der Waals surface area contributed by atoms with Crippen LogP contribution in [0.4, 0.5) is 10.5 Å². The zero-order valence-corrected chi connectivity index (χ0v) is 26.9. The van der Waals surface area contributed by atoms with Crippen molar-refractivity contribution in [2.24, 2.45) is 28.6 Å². The van der Waals surface area contributed by atoms with E-state index in [1.165, 1.54) is 18.4 Å². The fraction of sp³-hybridized carbons (Fsp3) is 0.579. The Bertz CT molecular complexity index is 1450. The summed E-state index contributed by atoms with van der Waals surface area (Å²) in [4.78, 5) is 23.4. The zero-order chi connectivity index (χ0) is 31.4. The zero-order valence-electron chi connectivity index (χ0n) is 26.9. The molecule has 4 aliphatic carbocycles. The number of allylic oxidation sites excluding steroid dienone is 2. The SMILES string of the molecule is CC1(C)COC2(CCC3=C4C(c5ccc(CNC(=O)Nc6ccc(C=O)cc6)cc5)CC5(C)C(O)CCC5C4CCC3C2)OC1. The number of hydrogen-bond donors (Lipinski definition) is 3. The van der Waals surface area contributed by atoms with Gasteiger partial charge in [-0.25, -0.2) is 4.79 Å². The van der Waals surface area contributed by atoms with E-state index in [1.807, 2.05) is 0 Å². The summed E-state index contributed by atoms with van der Waals surface area (Å²) < 4.78 is 13.0. The third-order valence-electron chi connectivity index (χ3n) is 11.9. The number of carbonyl (C=O) groups is 2. The Kier molecular flexibility index (Phi) is 7.94. The van der Waals surface area contributed by atoms with Crippen molar-refractivity contribution in [3.63, 3.8) is 0 Å². The summed E-state index contributed by atoms with van der Waals surface area (Å²) >= 11 is 0. The maximum atomic E-state index is 12.5. The van der Waals surface area contributed by atoms with Gasteiger partial charge in [-0.15, -0.1) is 0 Å². The summed E-state index contributed by atoms with van der Waals surface area (Å²) in [5.74, 6) is 1.44. The van der Waals surface area contributed by atoms with Gasteiger partial charge < -0.3 is 25.2 Å². The fourth-order valence-electron chi connectivity index (χ4n) is 9.37. The van der Waals surface area contributed by atoms with Gasteiger partial charge in [-0.3, -0.25) is 4.79 Å². The van der Waals surface area contributed by atoms with E-state index in [2.05, 4.69) is 55.7 Å². The average Bonchev–Trinajstić information content (AvgIpc) is 3.35. The number of anilines is 1. The van der Waals surface area contributed by atoms with E-state index >= 15 is 0 Å². The molecule has 6 atom stereocenters. The summed E-state index contributed by atoms with van der Waals surface area (Å²) in [5.41, 5.74) is 6.89. The van der Waals surface area contributed by atoms with Gasteiger partial charge >= 0.3 is 6.03 Å². The predicted octanol–water partition coefficient (Wildman–Crippen LogP) is 7.36. The first-order valence-electron chi connectivity index (χ1n) is 17.0. The van der Waals surface area contributed by atoms with Gasteiger partial charge in [0.1, 0.15) is 6.29 Å². The highest BCUT2D eigenvalue weighted by Gasteiger charge is 2.57. The molecule has 1 heterocycles. The second-order valence-electron chi connectivity index (χ2n) is 15.5. The first-order valence-corrected chi connectivity index (χ1v) is 17.0. The third-order valence-corrected chi connectivity index (χ3v) is 11.9. The molecule has 1 saturated heterocycles. The van der Waals surface area contributed by atoms with Crippen LogP contribution in [-0.4, -0.2) is 42.5 Å². The lowest BCUT2D eigenvalue weighted by atomic mass is 9.52. The smallest absolute Gasteiger partial charge is 0.319 e. The lowest BCUT2D eigenvalue weighted by molar-refractivity contribution is -0.312. The number of benzene rings is 2. The van der Waals surface area contributed by atoms with Gasteiger partial charge in [-0.1, -0.05) is 56.2 Å². The molecule has 1 aliphatic heterocycles. The molecule has 0 aromatic heterocycles. The van der Waals surface area contributed by atoms with Crippen molar-refractivity contribution in [2.45, 2.75) is 96.5 Å². The quantitative estimate of drug-likeness (QED) is 0.242. The topological polar surface area (TPSA) is 96.9 Å². The number of aliphatic hydroxyl groups excluding tert-OH is 1. The molecule has 3 saturated carbocycles. The largest absolute Gasteiger partial charge is 0.393 e. The standard InChI is InChI=1S/C38H48N2O5/c1-36(2)22-44-38(45-23-36)17-16-29-27(18-38)10-13-30-32-14-15-33(42)37(32,3)19-31(34(29)30)26-8-4-24(5-9-26)20-39-35(43)40-28-11-6-25(21-41)7-12-28/h4-9,11-12,21,27,30-33,42H,10,13-20,22-23H2,1-3H3,(H2,39,40,43). The Hall–Kier alpha value is -3.00. The maximum Gasteiger partial charge on any atom is 0.319 e. The van der Waals surface area contributed by atoms with E-state index in [1.54, 1.807) is 35.4 Å². The van der Waals surface area contributed by atoms with Crippen molar-refractivity contribution >= 4 is 18.0 Å². The molecule has 7 rings (SSSR count). The number of hydrogen-bond acceptors (Lipinski definition) is 5. The third kappa shape index (κ3) is 5.77. The summed E-state index contributed by atoms with van der Waals surface area (Å²) in [7, 11) is 0. The number of aliphatic hydroxyl groups is 1. The van der Waals surface area contributed by atoms with Crippen molar-refractivity contribution in [3.05, 3.63) is 76.4 Å². The van der Waals surface area contributed by atoms with E-state index in [4.69, 9.17) is 9.47 Å². The van der Waals surface area contributed by atoms with Crippen molar-refractivity contribution < 1.29 is 24.2 Å². The fourth-order valence-corrected chi connectivity index (χ4v) is 9.37. The molecule has 7 nitrogen and oxygen atoms in total. The Morgan fingerprint density at radius 2 is 1.69 bits per heavy atom. The number of carbonyl (C=O) groups excluding carboxylic acids is 2. The van der Waals surface area contributed by atoms with Gasteiger partial charge in [0.2, 0.25) is 0 Å². The minimum Gasteiger partial charge on any atom is -0.393 e. The number of rotatable bonds is 5. The molecule has 45 heavy (non-hydrogen) atoms. The highest BCUT2D eigenvalue weighted by Crippen LogP contribution is 2.65. The minimum absolute atomic E-state index is 0.0640. The van der Waals surface area contributed by atoms with Crippen LogP contribution in [0.2, 0.25) is 0 Å². The van der Waals surface area contributed by atoms with Gasteiger partial charge in [-0.05, 0) is 97.1 Å². The van der Waals surface area contributed by atoms with E-state index < -0.39 is 5.79 Å². The van der Waals surface area contributed by atoms with Crippen LogP contribution in [0.5, 0.6) is 0 Å². The first kappa shape index (κ1) is 30.6. The molecule has 2 aromatic rings. The summed E-state index contributed by atoms with van der Waals surface area (Å²) in [6, 6.07) is 15.3. The van der Waals surface area contributed by atoms with Gasteiger partial charge in [0, 0.05) is 42.0 Å². The second-order valence-corrected chi connectivity index (χ2v) is 15.5. The molecule has 0 bridgehead atoms. The van der Waals surface area contributed by atoms with Crippen molar-refractivity contribution in [1.82, 2.24) is 5.32 Å². The van der Waals surface area contributed by atoms with Crippen LogP contribution in [-0.2, 0) is 16.0 Å². The number of urea groups is 1. The van der Waals surface area contributed by atoms with Gasteiger partial charge in [0.05, 0.1) is 19.3 Å². The summed E-state index contributed by atoms with van der Waals surface area (Å²) in [6.45, 7) is 8.71. The Morgan fingerprint density at radius 1 is 0.956 bits per heavy atom. The molecule has 0 radical (unpaired) electrons. The van der Waals surface area contributed by atoms with E-state index in [0.717, 1.165) is 63.6 Å². The molecule has 240 valence electrons. The lowest BCUT2D eigenvalue weighted by Crippen LogP contribution is -2.52. The monoisotopic (exact) mass is 612 g/mol. The van der Waals surface area contributed by atoms with Crippen molar-refractivity contribution in [2.75, 3.05) is 18.5 Å². The highest BCUT2D eigenvalue weighted by atomic mass is 16.7. The van der Waals surface area contributed by atoms with Crippen molar-refractivity contribution in [3.8, 4) is 0 Å². The van der Waals surface area contributed by atoms with Crippen LogP contribution in [0.15, 0.2) is 59.7 Å². The van der Waals surface area contributed by atoms with E-state index in [9.17, 15) is 14.7 Å². The number of ether oxygens (including phenoxy) is 2. The van der Waals surface area contributed by atoms with Crippen LogP contribution in [0.25, 0.3) is 0 Å². The van der Waals surface area contributed by atoms with Gasteiger partial charge in [-0.2, -0.15) is 0 Å². The highest BCUT2D eigenvalue weighted by molar-refractivity contribution is 5.89. The summed E-state index contributed by atoms with van der Waals surface area (Å²) in [6.07, 6.45) is 8.84. The number of amides is 2. The lowest BCUT2D eigenvalue weighted by Gasteiger charge is -2.55. The molecule has 3 N–H and O–H groups in total. The van der Waals surface area contributed by atoms with Crippen molar-refractivity contribution in [1.29, 1.82) is 0 Å². The van der Waals surface area contributed by atoms with Gasteiger partial charge in [0.25, 0.3) is 0 Å². The molecule has 7 heteroatoms. The first-order chi connectivity index (χ1) is 21.6. The Balaban J connectivity index is 1.10. The molecule has 6 unspecified atom stereocenters. The van der Waals surface area contributed by atoms with Crippen LogP contribution in [0.3, 0.4) is 0 Å². The molecule has 2 amide bonds. The number of aldehydes is 1. The van der Waals surface area contributed by atoms with Crippen LogP contribution >= 0.6 is 0 Å². The summed E-state index contributed by atoms with van der Waals surface area (Å²) in [5, 5.41) is 17.0. The van der Waals surface area contributed by atoms with E-state index in [-0.39, 0.29) is 23.0 Å². The number of fused-ring (bicyclic) bond motifs is 4. The molecule has 4 fully saturated rings. The van der Waals surface area contributed by atoms with Crippen LogP contribution < -0.4 is 10.6 Å². The van der Waals surface area contributed by atoms with Gasteiger partial charge in [0.15, 0.2) is 5.79 Å². The Labute approximate surface area is 267 Å². The number of nitrogens with one attached hydrogen (secondary N) is 2. The molecule has 2 aromatic carbocycles. The Morgan fingerprint density at radius 3 is 2.40 bits per heavy atom. The minimum atomic E-state index is -0.431. The average molecular weight is 613 g/mol.